The monoisotopic (exact) mass is 376 g/mol. The number of nitrogens with one attached hydrogen (secondary N) is 1. The van der Waals surface area contributed by atoms with E-state index in [1.54, 1.807) is 11.4 Å². The van der Waals surface area contributed by atoms with Crippen LogP contribution in [0, 0.1) is 0 Å². The van der Waals surface area contributed by atoms with Crippen LogP contribution in [0.5, 0.6) is 0 Å². The molecule has 0 aliphatic carbocycles. The van der Waals surface area contributed by atoms with E-state index in [0.717, 1.165) is 10.6 Å². The molecular formula is C19H15F3N2OS. The van der Waals surface area contributed by atoms with Gasteiger partial charge in [0, 0.05) is 10.9 Å². The molecule has 26 heavy (non-hydrogen) atoms. The number of thiazole rings is 1. The van der Waals surface area contributed by atoms with Crippen molar-refractivity contribution in [2.45, 2.75) is 18.6 Å². The summed E-state index contributed by atoms with van der Waals surface area (Å²) in [4.78, 5) is 16.5. The Morgan fingerprint density at radius 1 is 1.04 bits per heavy atom. The number of benzene rings is 2. The van der Waals surface area contributed by atoms with Gasteiger partial charge in [0.2, 0.25) is 5.91 Å². The molecule has 0 saturated carbocycles. The van der Waals surface area contributed by atoms with Crippen LogP contribution >= 0.6 is 11.3 Å². The Morgan fingerprint density at radius 2 is 1.65 bits per heavy atom. The lowest BCUT2D eigenvalue weighted by Crippen LogP contribution is -2.38. The number of amides is 1. The Labute approximate surface area is 152 Å². The zero-order valence-electron chi connectivity index (χ0n) is 13.5. The van der Waals surface area contributed by atoms with E-state index in [1.807, 2.05) is 30.3 Å². The third kappa shape index (κ3) is 4.49. The molecule has 134 valence electrons. The Morgan fingerprint density at radius 3 is 2.27 bits per heavy atom. The molecule has 1 heterocycles. The number of hydrogen-bond acceptors (Lipinski definition) is 3. The summed E-state index contributed by atoms with van der Waals surface area (Å²) in [5.41, 5.74) is 1.35. The molecule has 0 aliphatic rings. The van der Waals surface area contributed by atoms with Crippen LogP contribution < -0.4 is 5.32 Å². The van der Waals surface area contributed by atoms with Crippen molar-refractivity contribution in [3.05, 3.63) is 77.3 Å². The van der Waals surface area contributed by atoms with E-state index in [0.29, 0.717) is 5.69 Å². The lowest BCUT2D eigenvalue weighted by Gasteiger charge is -2.21. The van der Waals surface area contributed by atoms with Gasteiger partial charge in [0.25, 0.3) is 0 Å². The highest BCUT2D eigenvalue weighted by molar-refractivity contribution is 7.13. The van der Waals surface area contributed by atoms with E-state index in [4.69, 9.17) is 0 Å². The van der Waals surface area contributed by atoms with Gasteiger partial charge in [-0.1, -0.05) is 60.7 Å². The normalized spacial score (nSPS) is 12.6. The second kappa shape index (κ2) is 7.70. The molecule has 0 aliphatic heterocycles. The van der Waals surface area contributed by atoms with Gasteiger partial charge in [0.15, 0.2) is 6.04 Å². The largest absolute Gasteiger partial charge is 0.412 e. The number of nitrogens with zero attached hydrogens (tertiary/aromatic N) is 1. The standard InChI is InChI=1S/C19H15F3N2OS/c20-19(21,22)17(13-7-3-1-4-8-13)24-16(25)11-15-12-26-18(23-15)14-9-5-2-6-10-14/h1-10,12,17H,11H2,(H,24,25). The zero-order valence-corrected chi connectivity index (χ0v) is 14.3. The fourth-order valence-electron chi connectivity index (χ4n) is 2.48. The Hall–Kier alpha value is -2.67. The Kier molecular flexibility index (Phi) is 5.37. The highest BCUT2D eigenvalue weighted by Gasteiger charge is 2.41. The molecule has 3 aromatic rings. The lowest BCUT2D eigenvalue weighted by molar-refractivity contribution is -0.163. The highest BCUT2D eigenvalue weighted by Crippen LogP contribution is 2.32. The third-order valence-corrected chi connectivity index (χ3v) is 4.62. The first kappa shape index (κ1) is 18.1. The molecule has 1 unspecified atom stereocenters. The number of hydrogen-bond donors (Lipinski definition) is 1. The number of aromatic nitrogens is 1. The maximum Gasteiger partial charge on any atom is 0.412 e. The molecule has 1 aromatic heterocycles. The van der Waals surface area contributed by atoms with Crippen molar-refractivity contribution in [1.29, 1.82) is 0 Å². The first-order valence-electron chi connectivity index (χ1n) is 7.84. The molecule has 0 saturated heterocycles. The molecule has 0 fully saturated rings. The van der Waals surface area contributed by atoms with Crippen molar-refractivity contribution in [2.24, 2.45) is 0 Å². The van der Waals surface area contributed by atoms with Crippen LogP contribution in [0.15, 0.2) is 66.0 Å². The molecule has 1 N–H and O–H groups in total. The Bertz CT molecular complexity index is 863. The number of rotatable bonds is 5. The summed E-state index contributed by atoms with van der Waals surface area (Å²) in [6.07, 6.45) is -4.78. The summed E-state index contributed by atoms with van der Waals surface area (Å²) >= 11 is 1.35. The van der Waals surface area contributed by atoms with Gasteiger partial charge >= 0.3 is 6.18 Å². The third-order valence-electron chi connectivity index (χ3n) is 3.68. The molecule has 0 bridgehead atoms. The fourth-order valence-corrected chi connectivity index (χ4v) is 3.30. The molecule has 0 spiro atoms. The van der Waals surface area contributed by atoms with Gasteiger partial charge < -0.3 is 5.32 Å². The maximum atomic E-state index is 13.3. The van der Waals surface area contributed by atoms with E-state index in [1.165, 1.54) is 35.6 Å². The van der Waals surface area contributed by atoms with Crippen LogP contribution in [-0.4, -0.2) is 17.1 Å². The second-order valence-electron chi connectivity index (χ2n) is 5.64. The minimum absolute atomic E-state index is 0.00315. The van der Waals surface area contributed by atoms with Crippen LogP contribution in [0.2, 0.25) is 0 Å². The number of halogens is 3. The van der Waals surface area contributed by atoms with Crippen LogP contribution in [0.25, 0.3) is 10.6 Å². The molecule has 3 rings (SSSR count). The first-order valence-corrected chi connectivity index (χ1v) is 8.72. The average molecular weight is 376 g/mol. The molecular weight excluding hydrogens is 361 g/mol. The number of carbonyl (C=O) groups is 1. The molecule has 1 amide bonds. The summed E-state index contributed by atoms with van der Waals surface area (Å²) in [5.74, 6) is -0.721. The molecule has 1 atom stereocenters. The van der Waals surface area contributed by atoms with Crippen LogP contribution in [0.4, 0.5) is 13.2 Å². The van der Waals surface area contributed by atoms with Crippen molar-refractivity contribution in [1.82, 2.24) is 10.3 Å². The summed E-state index contributed by atoms with van der Waals surface area (Å²) in [6, 6.07) is 14.7. The number of alkyl halides is 3. The molecule has 7 heteroatoms. The van der Waals surface area contributed by atoms with E-state index < -0.39 is 18.1 Å². The van der Waals surface area contributed by atoms with E-state index in [2.05, 4.69) is 10.3 Å². The summed E-state index contributed by atoms with van der Waals surface area (Å²) in [7, 11) is 0. The quantitative estimate of drug-likeness (QED) is 0.697. The first-order chi connectivity index (χ1) is 12.4. The second-order valence-corrected chi connectivity index (χ2v) is 6.50. The summed E-state index contributed by atoms with van der Waals surface area (Å²) in [6.45, 7) is 0. The summed E-state index contributed by atoms with van der Waals surface area (Å²) in [5, 5.41) is 4.48. The van der Waals surface area contributed by atoms with Gasteiger partial charge in [-0.05, 0) is 5.56 Å². The van der Waals surface area contributed by atoms with Gasteiger partial charge in [0.05, 0.1) is 12.1 Å². The lowest BCUT2D eigenvalue weighted by atomic mass is 10.1. The maximum absolute atomic E-state index is 13.3. The van der Waals surface area contributed by atoms with Gasteiger partial charge in [-0.25, -0.2) is 4.98 Å². The van der Waals surface area contributed by atoms with Gasteiger partial charge in [-0.3, -0.25) is 4.79 Å². The van der Waals surface area contributed by atoms with Gasteiger partial charge in [-0.15, -0.1) is 11.3 Å². The van der Waals surface area contributed by atoms with E-state index in [-0.39, 0.29) is 12.0 Å². The topological polar surface area (TPSA) is 42.0 Å². The molecule has 0 radical (unpaired) electrons. The predicted molar refractivity (Wildman–Crippen MR) is 94.6 cm³/mol. The fraction of sp³-hybridized carbons (Fsp3) is 0.158. The minimum Gasteiger partial charge on any atom is -0.340 e. The average Bonchev–Trinajstić information content (AvgIpc) is 3.09. The van der Waals surface area contributed by atoms with Crippen LogP contribution in [-0.2, 0) is 11.2 Å². The SMILES string of the molecule is O=C(Cc1csc(-c2ccccc2)n1)NC(c1ccccc1)C(F)(F)F. The van der Waals surface area contributed by atoms with Crippen molar-refractivity contribution >= 4 is 17.2 Å². The van der Waals surface area contributed by atoms with E-state index >= 15 is 0 Å². The van der Waals surface area contributed by atoms with Crippen LogP contribution in [0.1, 0.15) is 17.3 Å². The molecule has 2 aromatic carbocycles. The smallest absolute Gasteiger partial charge is 0.340 e. The van der Waals surface area contributed by atoms with E-state index in [9.17, 15) is 18.0 Å². The van der Waals surface area contributed by atoms with Gasteiger partial charge in [0.1, 0.15) is 5.01 Å². The number of carbonyl (C=O) groups excluding carboxylic acids is 1. The molecule has 3 nitrogen and oxygen atoms in total. The van der Waals surface area contributed by atoms with Crippen molar-refractivity contribution in [3.8, 4) is 10.6 Å². The predicted octanol–water partition coefficient (Wildman–Crippen LogP) is 4.77. The van der Waals surface area contributed by atoms with Crippen LogP contribution in [0.3, 0.4) is 0 Å². The highest BCUT2D eigenvalue weighted by atomic mass is 32.1. The Balaban J connectivity index is 1.71. The van der Waals surface area contributed by atoms with Crippen molar-refractivity contribution in [3.63, 3.8) is 0 Å². The van der Waals surface area contributed by atoms with Crippen molar-refractivity contribution in [2.75, 3.05) is 0 Å². The summed E-state index contributed by atoms with van der Waals surface area (Å²) < 4.78 is 39.9. The zero-order chi connectivity index (χ0) is 18.6. The minimum atomic E-state index is -4.58. The van der Waals surface area contributed by atoms with Crippen molar-refractivity contribution < 1.29 is 18.0 Å². The van der Waals surface area contributed by atoms with Gasteiger partial charge in [-0.2, -0.15) is 13.2 Å².